The van der Waals surface area contributed by atoms with Gasteiger partial charge in [0.2, 0.25) is 15.9 Å². The zero-order valence-electron chi connectivity index (χ0n) is 16.3. The number of hydrogen-bond donors (Lipinski definition) is 1. The normalized spacial score (nSPS) is 17.8. The van der Waals surface area contributed by atoms with Gasteiger partial charge in [-0.3, -0.25) is 9.78 Å². The van der Waals surface area contributed by atoms with Gasteiger partial charge in [-0.15, -0.1) is 12.4 Å². The SMILES string of the molecule is Cc1cnc2c(S(=O)(=O)N3CCN(C(=O)C(C)C(C)N)CC3)cccc2c1.Cl. The first-order chi connectivity index (χ1) is 12.7. The molecular formula is C19H27ClN4O3S. The average Bonchev–Trinajstić information content (AvgIpc) is 2.66. The molecule has 7 nitrogen and oxygen atoms in total. The summed E-state index contributed by atoms with van der Waals surface area (Å²) in [7, 11) is -3.68. The van der Waals surface area contributed by atoms with Crippen LogP contribution in [0.25, 0.3) is 10.9 Å². The number of sulfonamides is 1. The lowest BCUT2D eigenvalue weighted by Crippen LogP contribution is -2.53. The Balaban J connectivity index is 0.00000280. The Morgan fingerprint density at radius 3 is 2.43 bits per heavy atom. The van der Waals surface area contributed by atoms with Crippen LogP contribution in [0.1, 0.15) is 19.4 Å². The van der Waals surface area contributed by atoms with Gasteiger partial charge in [-0.05, 0) is 31.5 Å². The van der Waals surface area contributed by atoms with Crippen LogP contribution < -0.4 is 5.73 Å². The zero-order chi connectivity index (χ0) is 19.8. The van der Waals surface area contributed by atoms with Crippen LogP contribution in [0, 0.1) is 12.8 Å². The quantitative estimate of drug-likeness (QED) is 0.803. The molecule has 0 saturated carbocycles. The maximum Gasteiger partial charge on any atom is 0.245 e. The average molecular weight is 427 g/mol. The maximum atomic E-state index is 13.2. The van der Waals surface area contributed by atoms with E-state index in [2.05, 4.69) is 4.98 Å². The number of hydrogen-bond acceptors (Lipinski definition) is 5. The molecule has 0 radical (unpaired) electrons. The highest BCUT2D eigenvalue weighted by atomic mass is 35.5. The molecule has 0 bridgehead atoms. The molecule has 2 atom stereocenters. The van der Waals surface area contributed by atoms with E-state index < -0.39 is 10.0 Å². The third-order valence-corrected chi connectivity index (χ3v) is 7.09. The van der Waals surface area contributed by atoms with Gasteiger partial charge in [-0.1, -0.05) is 19.1 Å². The first-order valence-electron chi connectivity index (χ1n) is 9.11. The van der Waals surface area contributed by atoms with Crippen LogP contribution in [0.3, 0.4) is 0 Å². The highest BCUT2D eigenvalue weighted by Crippen LogP contribution is 2.25. The minimum Gasteiger partial charge on any atom is -0.340 e. The molecule has 1 aromatic carbocycles. The summed E-state index contributed by atoms with van der Waals surface area (Å²) in [6, 6.07) is 6.88. The molecule has 3 rings (SSSR count). The zero-order valence-corrected chi connectivity index (χ0v) is 18.0. The molecular weight excluding hydrogens is 400 g/mol. The fraction of sp³-hybridized carbons (Fsp3) is 0.474. The smallest absolute Gasteiger partial charge is 0.245 e. The molecule has 1 saturated heterocycles. The molecule has 1 aliphatic heterocycles. The number of halogens is 1. The summed E-state index contributed by atoms with van der Waals surface area (Å²) in [6.07, 6.45) is 1.67. The Hall–Kier alpha value is -1.74. The molecule has 1 fully saturated rings. The largest absolute Gasteiger partial charge is 0.340 e. The summed E-state index contributed by atoms with van der Waals surface area (Å²) in [5.41, 5.74) is 7.28. The third kappa shape index (κ3) is 4.30. The second-order valence-corrected chi connectivity index (χ2v) is 9.12. The van der Waals surface area contributed by atoms with Crippen molar-refractivity contribution in [2.75, 3.05) is 26.2 Å². The number of carbonyl (C=O) groups excluding carboxylic acids is 1. The number of amides is 1. The summed E-state index contributed by atoms with van der Waals surface area (Å²) in [6.45, 7) is 6.80. The van der Waals surface area contributed by atoms with E-state index >= 15 is 0 Å². The molecule has 0 spiro atoms. The van der Waals surface area contributed by atoms with E-state index in [-0.39, 0.29) is 48.3 Å². The van der Waals surface area contributed by atoms with Crippen molar-refractivity contribution in [1.82, 2.24) is 14.2 Å². The van der Waals surface area contributed by atoms with Crippen molar-refractivity contribution in [1.29, 1.82) is 0 Å². The summed E-state index contributed by atoms with van der Waals surface area (Å²) < 4.78 is 27.8. The van der Waals surface area contributed by atoms with Crippen molar-refractivity contribution in [2.24, 2.45) is 11.7 Å². The number of nitrogens with zero attached hydrogens (tertiary/aromatic N) is 3. The first kappa shape index (κ1) is 22.5. The lowest BCUT2D eigenvalue weighted by Gasteiger charge is -2.35. The fourth-order valence-electron chi connectivity index (χ4n) is 3.25. The van der Waals surface area contributed by atoms with E-state index in [1.54, 1.807) is 37.1 Å². The van der Waals surface area contributed by atoms with Crippen LogP contribution in [0.5, 0.6) is 0 Å². The molecule has 2 N–H and O–H groups in total. The second-order valence-electron chi connectivity index (χ2n) is 7.22. The van der Waals surface area contributed by atoms with Crippen LogP contribution in [0.2, 0.25) is 0 Å². The fourth-order valence-corrected chi connectivity index (χ4v) is 4.84. The van der Waals surface area contributed by atoms with E-state index in [1.165, 1.54) is 4.31 Å². The van der Waals surface area contributed by atoms with Gasteiger partial charge in [0.25, 0.3) is 0 Å². The van der Waals surface area contributed by atoms with Gasteiger partial charge in [0.05, 0.1) is 11.4 Å². The number of carbonyl (C=O) groups is 1. The molecule has 28 heavy (non-hydrogen) atoms. The minimum atomic E-state index is -3.68. The summed E-state index contributed by atoms with van der Waals surface area (Å²) >= 11 is 0. The topological polar surface area (TPSA) is 96.6 Å². The molecule has 2 unspecified atom stereocenters. The predicted molar refractivity (Wildman–Crippen MR) is 112 cm³/mol. The number of benzene rings is 1. The van der Waals surface area contributed by atoms with E-state index in [9.17, 15) is 13.2 Å². The van der Waals surface area contributed by atoms with Gasteiger partial charge in [0, 0.05) is 43.8 Å². The van der Waals surface area contributed by atoms with Crippen LogP contribution >= 0.6 is 12.4 Å². The molecule has 154 valence electrons. The van der Waals surface area contributed by atoms with Crippen LogP contribution in [-0.4, -0.2) is 60.7 Å². The number of para-hydroxylation sites is 1. The van der Waals surface area contributed by atoms with Gasteiger partial charge in [0.1, 0.15) is 4.90 Å². The second kappa shape index (κ2) is 8.73. The van der Waals surface area contributed by atoms with E-state index in [1.807, 2.05) is 19.1 Å². The van der Waals surface area contributed by atoms with Gasteiger partial charge in [-0.2, -0.15) is 4.31 Å². The molecule has 9 heteroatoms. The number of rotatable bonds is 4. The Kier molecular flexibility index (Phi) is 7.03. The minimum absolute atomic E-state index is 0. The Morgan fingerprint density at radius 2 is 1.82 bits per heavy atom. The molecule has 1 amide bonds. The predicted octanol–water partition coefficient (Wildman–Crippen LogP) is 1.78. The molecule has 1 aromatic heterocycles. The summed E-state index contributed by atoms with van der Waals surface area (Å²) in [4.78, 5) is 18.7. The first-order valence-corrected chi connectivity index (χ1v) is 10.6. The molecule has 1 aliphatic rings. The van der Waals surface area contributed by atoms with Crippen molar-refractivity contribution >= 4 is 39.2 Å². The Morgan fingerprint density at radius 1 is 1.18 bits per heavy atom. The number of pyridine rings is 1. The number of aryl methyl sites for hydroxylation is 1. The van der Waals surface area contributed by atoms with Crippen LogP contribution in [-0.2, 0) is 14.8 Å². The number of aromatic nitrogens is 1. The lowest BCUT2D eigenvalue weighted by atomic mass is 10.0. The number of nitrogens with two attached hydrogens (primary N) is 1. The van der Waals surface area contributed by atoms with Crippen molar-refractivity contribution in [3.05, 3.63) is 36.0 Å². The summed E-state index contributed by atoms with van der Waals surface area (Å²) in [5, 5.41) is 0.802. The van der Waals surface area contributed by atoms with Crippen molar-refractivity contribution in [2.45, 2.75) is 31.7 Å². The van der Waals surface area contributed by atoms with Crippen LogP contribution in [0.15, 0.2) is 35.4 Å². The monoisotopic (exact) mass is 426 g/mol. The summed E-state index contributed by atoms with van der Waals surface area (Å²) in [5.74, 6) is -0.303. The van der Waals surface area contributed by atoms with Crippen molar-refractivity contribution < 1.29 is 13.2 Å². The highest BCUT2D eigenvalue weighted by Gasteiger charge is 2.33. The third-order valence-electron chi connectivity index (χ3n) is 5.16. The number of piperazine rings is 1. The van der Waals surface area contributed by atoms with Crippen molar-refractivity contribution in [3.8, 4) is 0 Å². The molecule has 0 aliphatic carbocycles. The van der Waals surface area contributed by atoms with Crippen molar-refractivity contribution in [3.63, 3.8) is 0 Å². The van der Waals surface area contributed by atoms with E-state index in [4.69, 9.17) is 5.73 Å². The lowest BCUT2D eigenvalue weighted by molar-refractivity contribution is -0.136. The Bertz CT molecular complexity index is 957. The molecule has 2 heterocycles. The van der Waals surface area contributed by atoms with Gasteiger partial charge < -0.3 is 10.6 Å². The van der Waals surface area contributed by atoms with Gasteiger partial charge >= 0.3 is 0 Å². The van der Waals surface area contributed by atoms with E-state index in [0.29, 0.717) is 18.6 Å². The van der Waals surface area contributed by atoms with Gasteiger partial charge in [0.15, 0.2) is 0 Å². The Labute approximate surface area is 172 Å². The molecule has 2 aromatic rings. The standard InChI is InChI=1S/C19H26N4O3S.ClH/c1-13-11-16-5-4-6-17(18(16)21-12-13)27(25,26)23-9-7-22(8-10-23)19(24)14(2)15(3)20;/h4-6,11-12,14-15H,7-10,20H2,1-3H3;1H. The highest BCUT2D eigenvalue weighted by molar-refractivity contribution is 7.89. The maximum absolute atomic E-state index is 13.2. The van der Waals surface area contributed by atoms with E-state index in [0.717, 1.165) is 10.9 Å². The van der Waals surface area contributed by atoms with Crippen LogP contribution in [0.4, 0.5) is 0 Å². The van der Waals surface area contributed by atoms with Gasteiger partial charge in [-0.25, -0.2) is 8.42 Å². The number of fused-ring (bicyclic) bond motifs is 1.